The lowest BCUT2D eigenvalue weighted by atomic mass is 10.1. The molecule has 1 heterocycles. The topological polar surface area (TPSA) is 37.3 Å². The van der Waals surface area contributed by atoms with E-state index in [2.05, 4.69) is 65.0 Å². The molecule has 1 amide bonds. The summed E-state index contributed by atoms with van der Waals surface area (Å²) in [6, 6.07) is 28.6. The summed E-state index contributed by atoms with van der Waals surface area (Å²) in [6.45, 7) is 4.81. The molecule has 0 saturated heterocycles. The van der Waals surface area contributed by atoms with Gasteiger partial charge in [-0.05, 0) is 87.1 Å². The Morgan fingerprint density at radius 1 is 0.882 bits per heavy atom. The minimum absolute atomic E-state index is 0.0589. The van der Waals surface area contributed by atoms with Gasteiger partial charge >= 0.3 is 0 Å². The fourth-order valence-corrected chi connectivity index (χ4v) is 4.03. The molecule has 4 aromatic rings. The minimum Gasteiger partial charge on any atom is -0.350 e. The second kappa shape index (κ2) is 10.3. The summed E-state index contributed by atoms with van der Waals surface area (Å²) in [5.74, 6) is -0.0589. The third-order valence-corrected chi connectivity index (χ3v) is 6.51. The average molecular weight is 472 g/mol. The molecule has 0 fully saturated rings. The predicted molar refractivity (Wildman–Crippen MR) is 142 cm³/mol. The number of hydrogen-bond donors (Lipinski definition) is 1. The summed E-state index contributed by atoms with van der Waals surface area (Å²) < 4.78 is 2.27. The molecule has 4 nitrogen and oxygen atoms in total. The van der Waals surface area contributed by atoms with Crippen molar-refractivity contribution in [3.05, 3.63) is 101 Å². The number of carbonyl (C=O) groups is 1. The number of para-hydroxylation sites is 1. The lowest BCUT2D eigenvalue weighted by Crippen LogP contribution is -2.38. The van der Waals surface area contributed by atoms with Gasteiger partial charge in [0.05, 0.1) is 11.4 Å². The van der Waals surface area contributed by atoms with Gasteiger partial charge in [0.15, 0.2) is 0 Å². The summed E-state index contributed by atoms with van der Waals surface area (Å²) in [6.07, 6.45) is 0. The van der Waals surface area contributed by atoms with Gasteiger partial charge < -0.3 is 14.8 Å². The third-order valence-electron chi connectivity index (χ3n) is 6.26. The van der Waals surface area contributed by atoms with E-state index in [4.69, 9.17) is 11.6 Å². The number of aryl methyl sites for hydroxylation is 1. The van der Waals surface area contributed by atoms with Gasteiger partial charge in [0.2, 0.25) is 0 Å². The Labute approximate surface area is 206 Å². The second-order valence-electron chi connectivity index (χ2n) is 8.83. The van der Waals surface area contributed by atoms with Crippen LogP contribution in [0.25, 0.3) is 28.2 Å². The van der Waals surface area contributed by atoms with E-state index in [1.165, 1.54) is 5.56 Å². The molecule has 0 aliphatic carbocycles. The maximum atomic E-state index is 12.6. The average Bonchev–Trinajstić information content (AvgIpc) is 3.28. The van der Waals surface area contributed by atoms with Gasteiger partial charge in [0, 0.05) is 28.9 Å². The van der Waals surface area contributed by atoms with Crippen LogP contribution in [0, 0.1) is 6.92 Å². The van der Waals surface area contributed by atoms with Crippen LogP contribution in [0.3, 0.4) is 0 Å². The predicted octanol–water partition coefficient (Wildman–Crippen LogP) is 6.45. The van der Waals surface area contributed by atoms with Crippen LogP contribution in [0.2, 0.25) is 5.02 Å². The first-order valence-corrected chi connectivity index (χ1v) is 11.8. The van der Waals surface area contributed by atoms with Crippen LogP contribution < -0.4 is 5.32 Å². The summed E-state index contributed by atoms with van der Waals surface area (Å²) in [4.78, 5) is 14.7. The van der Waals surface area contributed by atoms with Crippen molar-refractivity contribution in [1.82, 2.24) is 14.8 Å². The lowest BCUT2D eigenvalue weighted by Gasteiger charge is -2.20. The van der Waals surface area contributed by atoms with Crippen molar-refractivity contribution in [3.63, 3.8) is 0 Å². The molecule has 0 radical (unpaired) electrons. The minimum atomic E-state index is -0.0589. The first-order chi connectivity index (χ1) is 16.3. The van der Waals surface area contributed by atoms with E-state index in [1.54, 1.807) is 0 Å². The Morgan fingerprint density at radius 2 is 1.44 bits per heavy atom. The van der Waals surface area contributed by atoms with Crippen LogP contribution in [-0.2, 0) is 0 Å². The SMILES string of the molecule is Cc1ccccc1-n1c(-c2ccc(Cl)cc2)ccc1-c1ccc(C(=O)NCC(C)N(C)C)cc1. The number of carbonyl (C=O) groups excluding carboxylic acids is 1. The third kappa shape index (κ3) is 5.09. The second-order valence-corrected chi connectivity index (χ2v) is 9.27. The maximum absolute atomic E-state index is 12.6. The zero-order chi connectivity index (χ0) is 24.2. The van der Waals surface area contributed by atoms with Crippen LogP contribution in [0.4, 0.5) is 0 Å². The van der Waals surface area contributed by atoms with Crippen molar-refractivity contribution in [2.24, 2.45) is 0 Å². The molecular formula is C29H30ClN3O. The molecule has 0 aliphatic rings. The monoisotopic (exact) mass is 471 g/mol. The van der Waals surface area contributed by atoms with Crippen molar-refractivity contribution in [1.29, 1.82) is 0 Å². The van der Waals surface area contributed by atoms with Gasteiger partial charge in [0.1, 0.15) is 0 Å². The van der Waals surface area contributed by atoms with E-state index >= 15 is 0 Å². The van der Waals surface area contributed by atoms with Crippen LogP contribution >= 0.6 is 11.6 Å². The molecule has 1 atom stereocenters. The molecule has 1 unspecified atom stereocenters. The van der Waals surface area contributed by atoms with Crippen LogP contribution in [0.5, 0.6) is 0 Å². The van der Waals surface area contributed by atoms with E-state index in [0.717, 1.165) is 28.2 Å². The van der Waals surface area contributed by atoms with Crippen LogP contribution in [-0.4, -0.2) is 42.1 Å². The number of likely N-dealkylation sites (N-methyl/N-ethyl adjacent to an activating group) is 1. The summed E-state index contributed by atoms with van der Waals surface area (Å²) in [5.41, 5.74) is 7.23. The van der Waals surface area contributed by atoms with Crippen molar-refractivity contribution in [3.8, 4) is 28.2 Å². The van der Waals surface area contributed by atoms with E-state index in [-0.39, 0.29) is 11.9 Å². The summed E-state index contributed by atoms with van der Waals surface area (Å²) >= 11 is 6.14. The highest BCUT2D eigenvalue weighted by atomic mass is 35.5. The van der Waals surface area contributed by atoms with E-state index in [9.17, 15) is 4.79 Å². The van der Waals surface area contributed by atoms with Crippen LogP contribution in [0.1, 0.15) is 22.8 Å². The van der Waals surface area contributed by atoms with E-state index < -0.39 is 0 Å². The molecular weight excluding hydrogens is 442 g/mol. The summed E-state index contributed by atoms with van der Waals surface area (Å²) in [7, 11) is 4.01. The lowest BCUT2D eigenvalue weighted by molar-refractivity contribution is 0.0943. The van der Waals surface area contributed by atoms with Gasteiger partial charge in [-0.1, -0.05) is 54.1 Å². The Balaban J connectivity index is 1.70. The van der Waals surface area contributed by atoms with Gasteiger partial charge in [-0.3, -0.25) is 4.79 Å². The van der Waals surface area contributed by atoms with Gasteiger partial charge in [-0.2, -0.15) is 0 Å². The molecule has 34 heavy (non-hydrogen) atoms. The van der Waals surface area contributed by atoms with Crippen molar-refractivity contribution in [2.45, 2.75) is 19.9 Å². The van der Waals surface area contributed by atoms with Gasteiger partial charge in [0.25, 0.3) is 5.91 Å². The number of halogens is 1. The largest absolute Gasteiger partial charge is 0.350 e. The highest BCUT2D eigenvalue weighted by molar-refractivity contribution is 6.30. The van der Waals surface area contributed by atoms with Crippen LogP contribution in [0.15, 0.2) is 84.9 Å². The Bertz CT molecular complexity index is 1270. The smallest absolute Gasteiger partial charge is 0.251 e. The molecule has 0 bridgehead atoms. The van der Waals surface area contributed by atoms with Gasteiger partial charge in [-0.25, -0.2) is 0 Å². The number of nitrogens with zero attached hydrogens (tertiary/aromatic N) is 2. The molecule has 5 heteroatoms. The zero-order valence-electron chi connectivity index (χ0n) is 20.0. The molecule has 0 aliphatic heterocycles. The fourth-order valence-electron chi connectivity index (χ4n) is 3.90. The molecule has 174 valence electrons. The number of aromatic nitrogens is 1. The number of benzene rings is 3. The molecule has 1 aromatic heterocycles. The number of rotatable bonds is 7. The Hall–Kier alpha value is -3.34. The molecule has 0 saturated carbocycles. The molecule has 0 spiro atoms. The quantitative estimate of drug-likeness (QED) is 0.336. The van der Waals surface area contributed by atoms with Gasteiger partial charge in [-0.15, -0.1) is 0 Å². The Morgan fingerprint density at radius 3 is 2.00 bits per heavy atom. The molecule has 3 aromatic carbocycles. The van der Waals surface area contributed by atoms with Crippen molar-refractivity contribution >= 4 is 17.5 Å². The number of amides is 1. The highest BCUT2D eigenvalue weighted by Gasteiger charge is 2.16. The summed E-state index contributed by atoms with van der Waals surface area (Å²) in [5, 5.41) is 3.73. The van der Waals surface area contributed by atoms with Crippen molar-refractivity contribution in [2.75, 3.05) is 20.6 Å². The first kappa shape index (κ1) is 23.8. The zero-order valence-corrected chi connectivity index (χ0v) is 20.8. The first-order valence-electron chi connectivity index (χ1n) is 11.4. The standard InChI is InChI=1S/C29H30ClN3O/c1-20-7-5-6-8-26(20)33-27(17-18-28(33)23-13-15-25(30)16-14-23)22-9-11-24(12-10-22)29(34)31-19-21(2)32(3)4/h5-18,21H,19H2,1-4H3,(H,31,34). The fraction of sp³-hybridized carbons (Fsp3) is 0.207. The maximum Gasteiger partial charge on any atom is 0.251 e. The Kier molecular flexibility index (Phi) is 7.20. The van der Waals surface area contributed by atoms with Crippen molar-refractivity contribution < 1.29 is 4.79 Å². The van der Waals surface area contributed by atoms with E-state index in [1.807, 2.05) is 62.6 Å². The number of nitrogens with one attached hydrogen (secondary N) is 1. The molecule has 1 N–H and O–H groups in total. The normalized spacial score (nSPS) is 12.1. The highest BCUT2D eigenvalue weighted by Crippen LogP contribution is 2.34. The van der Waals surface area contributed by atoms with E-state index in [0.29, 0.717) is 17.1 Å². The number of hydrogen-bond acceptors (Lipinski definition) is 2. The molecule has 4 rings (SSSR count).